The maximum Gasteiger partial charge on any atom is 0.197 e. The first kappa shape index (κ1) is 47.2. The van der Waals surface area contributed by atoms with Crippen molar-refractivity contribution in [2.45, 2.75) is 0 Å². The minimum atomic E-state index is 0.509. The topological polar surface area (TPSA) is 62.8 Å². The standard InChI is InChI=1S/C76H46N8/c1-77-60-35-22-40-66(84-64-39-21-17-34-58(64)71-68(84)46-43-56-54-32-15-19-37-62(54)82(73(56)71)52-29-12-5-13-30-52)69(60)59-47-50(76-79-74(48-23-6-2-7-24-48)78-75(80-76)49-25-8-3-9-26-49)41-44-65(59)83-63-38-20-16-33-57(63)70-67(83)45-42-55-53-31-14-18-36-61(53)81(72(55)70)51-27-10-4-11-28-51/h2-47H. The third kappa shape index (κ3) is 7.03. The van der Waals surface area contributed by atoms with Crippen LogP contribution in [0.25, 0.3) is 160 Å². The van der Waals surface area contributed by atoms with Crippen molar-refractivity contribution in [3.05, 3.63) is 290 Å². The summed E-state index contributed by atoms with van der Waals surface area (Å²) in [5.74, 6) is 1.65. The minimum Gasteiger partial charge on any atom is -0.310 e. The van der Waals surface area contributed by atoms with Crippen LogP contribution < -0.4 is 0 Å². The van der Waals surface area contributed by atoms with E-state index in [-0.39, 0.29) is 0 Å². The van der Waals surface area contributed by atoms with Crippen LogP contribution in [0.1, 0.15) is 0 Å². The van der Waals surface area contributed by atoms with E-state index >= 15 is 0 Å². The zero-order chi connectivity index (χ0) is 55.4. The van der Waals surface area contributed by atoms with Crippen molar-refractivity contribution < 1.29 is 0 Å². The van der Waals surface area contributed by atoms with Gasteiger partial charge in [0.15, 0.2) is 23.2 Å². The molecule has 5 aromatic heterocycles. The third-order valence-electron chi connectivity index (χ3n) is 16.8. The van der Waals surface area contributed by atoms with Crippen LogP contribution in [0.2, 0.25) is 0 Å². The summed E-state index contributed by atoms with van der Waals surface area (Å²) >= 11 is 0. The lowest BCUT2D eigenvalue weighted by Gasteiger charge is -2.21. The molecular weight excluding hydrogens is 1020 g/mol. The summed E-state index contributed by atoms with van der Waals surface area (Å²) in [6, 6.07) is 98.3. The molecule has 0 radical (unpaired) electrons. The number of hydrogen-bond acceptors (Lipinski definition) is 3. The first-order valence-electron chi connectivity index (χ1n) is 28.2. The molecule has 12 aromatic carbocycles. The molecule has 0 saturated heterocycles. The number of hydrogen-bond donors (Lipinski definition) is 0. The Labute approximate surface area is 482 Å². The molecule has 0 unspecified atom stereocenters. The fourth-order valence-corrected chi connectivity index (χ4v) is 13.3. The first-order valence-corrected chi connectivity index (χ1v) is 28.2. The van der Waals surface area contributed by atoms with Gasteiger partial charge in [0.1, 0.15) is 0 Å². The van der Waals surface area contributed by atoms with Crippen LogP contribution in [0.4, 0.5) is 5.69 Å². The van der Waals surface area contributed by atoms with E-state index in [9.17, 15) is 0 Å². The fourth-order valence-electron chi connectivity index (χ4n) is 13.3. The highest BCUT2D eigenvalue weighted by Gasteiger charge is 2.28. The Kier molecular flexibility index (Phi) is 10.5. The number of para-hydroxylation sites is 6. The highest BCUT2D eigenvalue weighted by atomic mass is 15.1. The Morgan fingerprint density at radius 1 is 0.286 bits per heavy atom. The summed E-state index contributed by atoms with van der Waals surface area (Å²) in [7, 11) is 0. The molecule has 5 heterocycles. The van der Waals surface area contributed by atoms with Crippen LogP contribution in [0, 0.1) is 6.57 Å². The second kappa shape index (κ2) is 18.7. The molecule has 0 aliphatic heterocycles. The number of nitrogens with zero attached hydrogens (tertiary/aromatic N) is 8. The molecule has 390 valence electrons. The van der Waals surface area contributed by atoms with Crippen LogP contribution >= 0.6 is 0 Å². The maximum atomic E-state index is 9.17. The Morgan fingerprint density at radius 2 is 0.690 bits per heavy atom. The predicted molar refractivity (Wildman–Crippen MR) is 345 cm³/mol. The van der Waals surface area contributed by atoms with Gasteiger partial charge in [-0.05, 0) is 90.5 Å². The summed E-state index contributed by atoms with van der Waals surface area (Å²) < 4.78 is 9.63. The van der Waals surface area contributed by atoms with Crippen molar-refractivity contribution in [1.82, 2.24) is 33.2 Å². The lowest BCUT2D eigenvalue weighted by molar-refractivity contribution is 1.07. The van der Waals surface area contributed by atoms with Crippen molar-refractivity contribution in [2.24, 2.45) is 0 Å². The molecule has 17 rings (SSSR count). The van der Waals surface area contributed by atoms with E-state index < -0.39 is 0 Å². The van der Waals surface area contributed by atoms with Crippen molar-refractivity contribution in [3.8, 4) is 68.0 Å². The summed E-state index contributed by atoms with van der Waals surface area (Å²) in [5, 5.41) is 9.20. The van der Waals surface area contributed by atoms with Gasteiger partial charge >= 0.3 is 0 Å². The molecule has 8 nitrogen and oxygen atoms in total. The number of fused-ring (bicyclic) bond motifs is 14. The van der Waals surface area contributed by atoms with Gasteiger partial charge in [-0.3, -0.25) is 0 Å². The lowest BCUT2D eigenvalue weighted by Crippen LogP contribution is -2.04. The van der Waals surface area contributed by atoms with E-state index in [1.165, 1.54) is 21.5 Å². The fraction of sp³-hybridized carbons (Fsp3) is 0. The van der Waals surface area contributed by atoms with Gasteiger partial charge in [0, 0.05) is 82.4 Å². The summed E-state index contributed by atoms with van der Waals surface area (Å²) in [5.41, 5.74) is 17.3. The van der Waals surface area contributed by atoms with Gasteiger partial charge in [-0.15, -0.1) is 0 Å². The van der Waals surface area contributed by atoms with Crippen molar-refractivity contribution in [1.29, 1.82) is 0 Å². The zero-order valence-electron chi connectivity index (χ0n) is 45.1. The zero-order valence-corrected chi connectivity index (χ0v) is 45.1. The second-order valence-electron chi connectivity index (χ2n) is 21.3. The lowest BCUT2D eigenvalue weighted by atomic mass is 9.96. The maximum absolute atomic E-state index is 9.17. The molecule has 0 saturated carbocycles. The summed E-state index contributed by atoms with van der Waals surface area (Å²) in [4.78, 5) is 20.1. The highest BCUT2D eigenvalue weighted by molar-refractivity contribution is 6.28. The Bertz CT molecular complexity index is 5490. The normalized spacial score (nSPS) is 11.8. The molecule has 0 amide bonds. The van der Waals surface area contributed by atoms with Crippen molar-refractivity contribution in [2.75, 3.05) is 0 Å². The molecule has 0 aliphatic carbocycles. The van der Waals surface area contributed by atoms with E-state index in [1.54, 1.807) is 0 Å². The summed E-state index contributed by atoms with van der Waals surface area (Å²) in [6.45, 7) is 9.17. The largest absolute Gasteiger partial charge is 0.310 e. The van der Waals surface area contributed by atoms with Gasteiger partial charge in [0.2, 0.25) is 0 Å². The van der Waals surface area contributed by atoms with E-state index in [0.717, 1.165) is 116 Å². The van der Waals surface area contributed by atoms with Crippen LogP contribution in [0.15, 0.2) is 279 Å². The van der Waals surface area contributed by atoms with Crippen LogP contribution in [-0.4, -0.2) is 33.2 Å². The average Bonchev–Trinajstić information content (AvgIpc) is 1.66. The SMILES string of the molecule is [C-]#[N+]c1cccc(-n2c3ccccc3c3c2ccc2c4ccccc4n(-c4ccccc4)c23)c1-c1cc(-c2nc(-c3ccccc3)nc(-c3ccccc3)n2)ccc1-n1c2ccccc2c2c1ccc1c3ccccc3n(-c3ccccc3)c12. The van der Waals surface area contributed by atoms with Gasteiger partial charge < -0.3 is 18.3 Å². The van der Waals surface area contributed by atoms with Gasteiger partial charge in [0.05, 0.1) is 56.4 Å². The Balaban J connectivity index is 1.01. The molecule has 84 heavy (non-hydrogen) atoms. The third-order valence-corrected chi connectivity index (χ3v) is 16.8. The summed E-state index contributed by atoms with van der Waals surface area (Å²) in [6.07, 6.45) is 0. The molecule has 0 bridgehead atoms. The second-order valence-corrected chi connectivity index (χ2v) is 21.3. The average molecular weight is 1070 g/mol. The van der Waals surface area contributed by atoms with Crippen LogP contribution in [-0.2, 0) is 0 Å². The molecule has 0 atom stereocenters. The Hall–Kier alpha value is -11.7. The highest BCUT2D eigenvalue weighted by Crippen LogP contribution is 2.49. The minimum absolute atomic E-state index is 0.509. The molecule has 0 fully saturated rings. The smallest absolute Gasteiger partial charge is 0.197 e. The molecule has 8 heteroatoms. The number of rotatable bonds is 8. The molecular formula is C76H46N8. The van der Waals surface area contributed by atoms with Gasteiger partial charge in [-0.2, -0.15) is 0 Å². The first-order chi connectivity index (χ1) is 41.7. The Morgan fingerprint density at radius 3 is 1.17 bits per heavy atom. The molecule has 0 aliphatic rings. The molecule has 0 spiro atoms. The van der Waals surface area contributed by atoms with Gasteiger partial charge in [0.25, 0.3) is 0 Å². The number of aromatic nitrogens is 7. The van der Waals surface area contributed by atoms with Crippen molar-refractivity contribution in [3.63, 3.8) is 0 Å². The molecule has 17 aromatic rings. The monoisotopic (exact) mass is 1070 g/mol. The van der Waals surface area contributed by atoms with E-state index in [4.69, 9.17) is 21.5 Å². The van der Waals surface area contributed by atoms with Crippen molar-refractivity contribution >= 4 is 92.9 Å². The van der Waals surface area contributed by atoms with E-state index in [1.807, 2.05) is 72.8 Å². The van der Waals surface area contributed by atoms with Crippen LogP contribution in [0.5, 0.6) is 0 Å². The van der Waals surface area contributed by atoms with E-state index in [2.05, 4.69) is 229 Å². The van der Waals surface area contributed by atoms with Gasteiger partial charge in [-0.25, -0.2) is 19.8 Å². The van der Waals surface area contributed by atoms with Crippen LogP contribution in [0.3, 0.4) is 0 Å². The van der Waals surface area contributed by atoms with E-state index in [0.29, 0.717) is 23.2 Å². The number of benzene rings is 12. The quantitative estimate of drug-likeness (QED) is 0.142. The predicted octanol–water partition coefficient (Wildman–Crippen LogP) is 19.5. The molecule has 0 N–H and O–H groups in total. The van der Waals surface area contributed by atoms with Gasteiger partial charge in [-0.1, -0.05) is 194 Å².